The smallest absolute Gasteiger partial charge is 0.326 e. The van der Waals surface area contributed by atoms with Crippen LogP contribution in [0.1, 0.15) is 51.5 Å². The van der Waals surface area contributed by atoms with Crippen molar-refractivity contribution in [1.82, 2.24) is 26.3 Å². The van der Waals surface area contributed by atoms with E-state index in [1.54, 1.807) is 6.20 Å². The van der Waals surface area contributed by atoms with Crippen LogP contribution < -0.4 is 21.3 Å². The third kappa shape index (κ3) is 8.03. The fraction of sp³-hybridized carbons (Fsp3) is 0.519. The van der Waals surface area contributed by atoms with Gasteiger partial charge in [0.05, 0.1) is 6.04 Å². The predicted molar refractivity (Wildman–Crippen MR) is 143 cm³/mol. The second-order valence-corrected chi connectivity index (χ2v) is 9.98. The highest BCUT2D eigenvalue weighted by Crippen LogP contribution is 2.20. The zero-order valence-corrected chi connectivity index (χ0v) is 22.2. The van der Waals surface area contributed by atoms with Crippen LogP contribution >= 0.6 is 0 Å². The minimum atomic E-state index is -1.45. The number of carboxylic acids is 2. The maximum absolute atomic E-state index is 13.5. The van der Waals surface area contributed by atoms with Crippen molar-refractivity contribution in [3.05, 3.63) is 36.0 Å². The molecule has 2 aromatic rings. The molecule has 0 radical (unpaired) electrons. The monoisotopic (exact) mass is 543 g/mol. The van der Waals surface area contributed by atoms with Crippen molar-refractivity contribution in [2.75, 3.05) is 6.54 Å². The Morgan fingerprint density at radius 3 is 2.38 bits per heavy atom. The van der Waals surface area contributed by atoms with Crippen molar-refractivity contribution in [1.29, 1.82) is 0 Å². The zero-order chi connectivity index (χ0) is 28.5. The van der Waals surface area contributed by atoms with Gasteiger partial charge in [-0.2, -0.15) is 0 Å². The molecule has 1 aliphatic heterocycles. The lowest BCUT2D eigenvalue weighted by atomic mass is 9.96. The number of carboxylic acid groups (broad SMARTS) is 2. The molecule has 0 bridgehead atoms. The van der Waals surface area contributed by atoms with Gasteiger partial charge < -0.3 is 36.5 Å². The molecule has 2 heterocycles. The number of hydrogen-bond donors (Lipinski definition) is 7. The van der Waals surface area contributed by atoms with Gasteiger partial charge in [0.25, 0.3) is 0 Å². The summed E-state index contributed by atoms with van der Waals surface area (Å²) < 4.78 is 0. The summed E-state index contributed by atoms with van der Waals surface area (Å²) >= 11 is 0. The molecule has 12 nitrogen and oxygen atoms in total. The Hall–Kier alpha value is -3.93. The summed E-state index contributed by atoms with van der Waals surface area (Å²) in [5.74, 6) is -4.43. The first-order chi connectivity index (χ1) is 18.6. The maximum atomic E-state index is 13.5. The van der Waals surface area contributed by atoms with Crippen LogP contribution in [0, 0.1) is 5.92 Å². The number of carbonyl (C=O) groups is 5. The lowest BCUT2D eigenvalue weighted by Gasteiger charge is -2.28. The van der Waals surface area contributed by atoms with Crippen LogP contribution in [-0.2, 0) is 30.4 Å². The van der Waals surface area contributed by atoms with Crippen LogP contribution in [-0.4, -0.2) is 75.6 Å². The molecule has 7 N–H and O–H groups in total. The zero-order valence-electron chi connectivity index (χ0n) is 22.2. The summed E-state index contributed by atoms with van der Waals surface area (Å²) in [5, 5.41) is 30.4. The van der Waals surface area contributed by atoms with Crippen LogP contribution in [0.4, 0.5) is 0 Å². The molecule has 0 spiro atoms. The van der Waals surface area contributed by atoms with Gasteiger partial charge in [0.15, 0.2) is 0 Å². The maximum Gasteiger partial charge on any atom is 0.326 e. The van der Waals surface area contributed by atoms with Gasteiger partial charge in [-0.15, -0.1) is 0 Å². The quantitative estimate of drug-likeness (QED) is 0.183. The largest absolute Gasteiger partial charge is 0.481 e. The van der Waals surface area contributed by atoms with Crippen molar-refractivity contribution < 1.29 is 34.2 Å². The van der Waals surface area contributed by atoms with E-state index in [9.17, 15) is 29.1 Å². The molecule has 5 unspecified atom stereocenters. The Bertz CT molecular complexity index is 1190. The van der Waals surface area contributed by atoms with E-state index in [1.165, 1.54) is 0 Å². The lowest BCUT2D eigenvalue weighted by Crippen LogP contribution is -2.59. The van der Waals surface area contributed by atoms with Crippen LogP contribution in [0.15, 0.2) is 30.5 Å². The Labute approximate surface area is 226 Å². The number of aliphatic carboxylic acids is 2. The normalized spacial score (nSPS) is 18.1. The van der Waals surface area contributed by atoms with Crippen molar-refractivity contribution in [3.63, 3.8) is 0 Å². The fourth-order valence-corrected chi connectivity index (χ4v) is 4.65. The van der Waals surface area contributed by atoms with E-state index in [0.717, 1.165) is 29.4 Å². The van der Waals surface area contributed by atoms with Gasteiger partial charge in [-0.3, -0.25) is 19.2 Å². The molecule has 212 valence electrons. The number of carbonyl (C=O) groups excluding carboxylic acids is 3. The van der Waals surface area contributed by atoms with E-state index in [0.29, 0.717) is 12.8 Å². The molecule has 0 aliphatic carbocycles. The van der Waals surface area contributed by atoms with Crippen LogP contribution in [0.3, 0.4) is 0 Å². The molecule has 39 heavy (non-hydrogen) atoms. The standard InChI is InChI=1S/C27H37N5O7/c1-3-15(2)23(32-24(35)19-9-6-12-28-19)26(37)31-21(13-16-14-29-18-8-5-4-7-17(16)18)25(36)30-20(27(38)39)10-11-22(33)34/h4-5,7-8,14-15,19-21,23,28-29H,3,6,9-13H2,1-2H3,(H,30,36)(H,31,37)(H,32,35)(H,33,34)(H,38,39). The summed E-state index contributed by atoms with van der Waals surface area (Å²) in [7, 11) is 0. The number of amides is 3. The molecule has 12 heteroatoms. The molecule has 1 saturated heterocycles. The Balaban J connectivity index is 1.84. The number of fused-ring (bicyclic) bond motifs is 1. The highest BCUT2D eigenvalue weighted by molar-refractivity contribution is 5.95. The van der Waals surface area contributed by atoms with Gasteiger partial charge >= 0.3 is 11.9 Å². The minimum absolute atomic E-state index is 0.0399. The van der Waals surface area contributed by atoms with Crippen molar-refractivity contribution in [2.45, 2.75) is 76.5 Å². The Kier molecular flexibility index (Phi) is 10.4. The molecular formula is C27H37N5O7. The molecule has 1 aromatic heterocycles. The topological polar surface area (TPSA) is 190 Å². The van der Waals surface area contributed by atoms with Crippen LogP contribution in [0.5, 0.6) is 0 Å². The molecule has 0 saturated carbocycles. The van der Waals surface area contributed by atoms with Gasteiger partial charge in [0, 0.05) is 29.9 Å². The number of para-hydroxylation sites is 1. The summed E-state index contributed by atoms with van der Waals surface area (Å²) in [4.78, 5) is 65.5. The van der Waals surface area contributed by atoms with Crippen molar-refractivity contribution >= 4 is 40.6 Å². The highest BCUT2D eigenvalue weighted by atomic mass is 16.4. The number of aromatic amines is 1. The number of benzene rings is 1. The molecule has 1 fully saturated rings. The SMILES string of the molecule is CCC(C)C(NC(=O)C1CCCN1)C(=O)NC(Cc1c[nH]c2ccccc12)C(=O)NC(CCC(=O)O)C(=O)O. The first-order valence-electron chi connectivity index (χ1n) is 13.2. The molecule has 5 atom stereocenters. The average molecular weight is 544 g/mol. The second-order valence-electron chi connectivity index (χ2n) is 9.98. The van der Waals surface area contributed by atoms with E-state index in [1.807, 2.05) is 38.1 Å². The van der Waals surface area contributed by atoms with Crippen LogP contribution in [0.25, 0.3) is 10.9 Å². The second kappa shape index (κ2) is 13.7. The Morgan fingerprint density at radius 2 is 1.74 bits per heavy atom. The number of rotatable bonds is 14. The fourth-order valence-electron chi connectivity index (χ4n) is 4.65. The van der Waals surface area contributed by atoms with Crippen molar-refractivity contribution in [3.8, 4) is 0 Å². The molecule has 1 aliphatic rings. The summed E-state index contributed by atoms with van der Waals surface area (Å²) in [6.45, 7) is 4.44. The van der Waals surface area contributed by atoms with Gasteiger partial charge in [0.2, 0.25) is 17.7 Å². The minimum Gasteiger partial charge on any atom is -0.481 e. The first-order valence-corrected chi connectivity index (χ1v) is 13.2. The number of aromatic nitrogens is 1. The van der Waals surface area contributed by atoms with E-state index in [4.69, 9.17) is 5.11 Å². The average Bonchev–Trinajstić information content (AvgIpc) is 3.59. The summed E-state index contributed by atoms with van der Waals surface area (Å²) in [6, 6.07) is 3.49. The van der Waals surface area contributed by atoms with Gasteiger partial charge in [-0.05, 0) is 43.4 Å². The van der Waals surface area contributed by atoms with Crippen LogP contribution in [0.2, 0.25) is 0 Å². The van der Waals surface area contributed by atoms with Crippen molar-refractivity contribution in [2.24, 2.45) is 5.92 Å². The van der Waals surface area contributed by atoms with E-state index in [-0.39, 0.29) is 30.7 Å². The molecule has 3 rings (SSSR count). The number of nitrogens with one attached hydrogen (secondary N) is 5. The van der Waals surface area contributed by atoms with Gasteiger partial charge in [-0.1, -0.05) is 38.5 Å². The third-order valence-corrected chi connectivity index (χ3v) is 7.16. The highest BCUT2D eigenvalue weighted by Gasteiger charge is 2.34. The molecular weight excluding hydrogens is 506 g/mol. The molecule has 3 amide bonds. The summed E-state index contributed by atoms with van der Waals surface area (Å²) in [6.07, 6.45) is 3.11. The Morgan fingerprint density at radius 1 is 1.03 bits per heavy atom. The van der Waals surface area contributed by atoms with Gasteiger partial charge in [0.1, 0.15) is 18.1 Å². The molecule has 1 aromatic carbocycles. The summed E-state index contributed by atoms with van der Waals surface area (Å²) in [5.41, 5.74) is 1.56. The van der Waals surface area contributed by atoms with E-state index in [2.05, 4.69) is 26.3 Å². The number of H-pyrrole nitrogens is 1. The predicted octanol–water partition coefficient (Wildman–Crippen LogP) is 0.912. The number of hydrogen-bond acceptors (Lipinski definition) is 6. The van der Waals surface area contributed by atoms with E-state index < -0.39 is 48.3 Å². The van der Waals surface area contributed by atoms with Gasteiger partial charge in [-0.25, -0.2) is 4.79 Å². The third-order valence-electron chi connectivity index (χ3n) is 7.16. The van der Waals surface area contributed by atoms with E-state index >= 15 is 0 Å². The lowest BCUT2D eigenvalue weighted by molar-refractivity contribution is -0.143. The first kappa shape index (κ1) is 29.6.